The van der Waals surface area contributed by atoms with Crippen LogP contribution in [0.4, 0.5) is 18.0 Å². The molecule has 5 nitrogen and oxygen atoms in total. The largest absolute Gasteiger partial charge is 0.444 e. The zero-order valence-electron chi connectivity index (χ0n) is 16.0. The number of hydrogen-bond acceptors (Lipinski definition) is 3. The number of carbonyl (C=O) groups is 2. The van der Waals surface area contributed by atoms with Crippen molar-refractivity contribution in [3.63, 3.8) is 0 Å². The van der Waals surface area contributed by atoms with Gasteiger partial charge >= 0.3 is 12.3 Å². The van der Waals surface area contributed by atoms with Crippen molar-refractivity contribution in [2.24, 2.45) is 0 Å². The van der Waals surface area contributed by atoms with Crippen LogP contribution in [-0.2, 0) is 22.3 Å². The van der Waals surface area contributed by atoms with Crippen LogP contribution in [-0.4, -0.2) is 47.0 Å². The van der Waals surface area contributed by atoms with Crippen LogP contribution in [0.2, 0.25) is 0 Å². The van der Waals surface area contributed by atoms with Crippen LogP contribution in [0.1, 0.15) is 44.7 Å². The van der Waals surface area contributed by atoms with Crippen LogP contribution in [0.25, 0.3) is 0 Å². The van der Waals surface area contributed by atoms with Crippen molar-refractivity contribution in [2.75, 3.05) is 13.6 Å². The summed E-state index contributed by atoms with van der Waals surface area (Å²) in [6.45, 7) is 5.40. The minimum atomic E-state index is -4.49. The molecule has 1 fully saturated rings. The first-order valence-electron chi connectivity index (χ1n) is 8.80. The van der Waals surface area contributed by atoms with E-state index >= 15 is 0 Å². The number of halogens is 3. The molecule has 1 aliphatic rings. The molecule has 0 spiro atoms. The molecule has 1 saturated heterocycles. The number of amides is 2. The fourth-order valence-corrected chi connectivity index (χ4v) is 3.09. The van der Waals surface area contributed by atoms with Gasteiger partial charge in [0, 0.05) is 20.1 Å². The lowest BCUT2D eigenvalue weighted by molar-refractivity contribution is -0.140. The van der Waals surface area contributed by atoms with Gasteiger partial charge in [-0.25, -0.2) is 4.79 Å². The Balaban J connectivity index is 2.12. The van der Waals surface area contributed by atoms with E-state index in [0.29, 0.717) is 19.4 Å². The van der Waals surface area contributed by atoms with E-state index in [1.807, 2.05) is 0 Å². The Hall–Kier alpha value is -2.25. The van der Waals surface area contributed by atoms with E-state index in [4.69, 9.17) is 4.74 Å². The number of ether oxygens (including phenoxy) is 1. The van der Waals surface area contributed by atoms with Gasteiger partial charge in [-0.15, -0.1) is 0 Å². The van der Waals surface area contributed by atoms with Crippen LogP contribution in [0.15, 0.2) is 24.3 Å². The summed E-state index contributed by atoms with van der Waals surface area (Å²) in [5.74, 6) is -0.393. The molecule has 2 rings (SSSR count). The summed E-state index contributed by atoms with van der Waals surface area (Å²) in [5, 5.41) is 0. The molecule has 0 saturated carbocycles. The quantitative estimate of drug-likeness (QED) is 0.787. The molecular weight excluding hydrogens is 361 g/mol. The number of nitrogens with zero attached hydrogens (tertiary/aromatic N) is 2. The molecule has 2 amide bonds. The highest BCUT2D eigenvalue weighted by atomic mass is 19.4. The number of likely N-dealkylation sites (tertiary alicyclic amines) is 1. The number of hydrogen-bond donors (Lipinski definition) is 0. The number of alkyl halides is 3. The molecule has 27 heavy (non-hydrogen) atoms. The van der Waals surface area contributed by atoms with Crippen molar-refractivity contribution in [1.29, 1.82) is 0 Å². The van der Waals surface area contributed by atoms with Gasteiger partial charge < -0.3 is 9.64 Å². The van der Waals surface area contributed by atoms with E-state index < -0.39 is 35.4 Å². The lowest BCUT2D eigenvalue weighted by Gasteiger charge is -2.30. The Morgan fingerprint density at radius 3 is 2.44 bits per heavy atom. The van der Waals surface area contributed by atoms with Crippen molar-refractivity contribution in [2.45, 2.75) is 58.0 Å². The summed E-state index contributed by atoms with van der Waals surface area (Å²) in [6, 6.07) is 4.45. The first kappa shape index (κ1) is 21.1. The van der Waals surface area contributed by atoms with E-state index in [1.165, 1.54) is 35.0 Å². The highest BCUT2D eigenvalue weighted by molar-refractivity contribution is 5.86. The number of rotatable bonds is 3. The Kier molecular flexibility index (Phi) is 6.07. The second-order valence-electron chi connectivity index (χ2n) is 7.68. The molecule has 0 bridgehead atoms. The van der Waals surface area contributed by atoms with Gasteiger partial charge in [0.2, 0.25) is 5.91 Å². The Morgan fingerprint density at radius 1 is 1.22 bits per heavy atom. The molecule has 150 valence electrons. The first-order chi connectivity index (χ1) is 12.4. The normalized spacial score (nSPS) is 17.7. The highest BCUT2D eigenvalue weighted by Crippen LogP contribution is 2.32. The lowest BCUT2D eigenvalue weighted by atomic mass is 10.1. The minimum Gasteiger partial charge on any atom is -0.444 e. The van der Waals surface area contributed by atoms with Crippen molar-refractivity contribution in [3.8, 4) is 0 Å². The maximum Gasteiger partial charge on any atom is 0.416 e. The van der Waals surface area contributed by atoms with Gasteiger partial charge in [0.1, 0.15) is 11.6 Å². The average Bonchev–Trinajstić information content (AvgIpc) is 3.01. The van der Waals surface area contributed by atoms with E-state index in [9.17, 15) is 22.8 Å². The maximum absolute atomic E-state index is 13.2. The fraction of sp³-hybridized carbons (Fsp3) is 0.579. The van der Waals surface area contributed by atoms with Crippen LogP contribution < -0.4 is 0 Å². The maximum atomic E-state index is 13.2. The van der Waals surface area contributed by atoms with Gasteiger partial charge in [0.15, 0.2) is 0 Å². The van der Waals surface area contributed by atoms with Crippen molar-refractivity contribution >= 4 is 12.0 Å². The first-order valence-corrected chi connectivity index (χ1v) is 8.80. The SMILES string of the molecule is CN(Cc1ccccc1C(F)(F)F)C(=O)C1CCCN1C(=O)OC(C)(C)C. The molecule has 1 aromatic rings. The molecular formula is C19H25F3N2O3. The minimum absolute atomic E-state index is 0.0164. The third-order valence-corrected chi connectivity index (χ3v) is 4.27. The summed E-state index contributed by atoms with van der Waals surface area (Å²) >= 11 is 0. The number of carbonyl (C=O) groups excluding carboxylic acids is 2. The van der Waals surface area contributed by atoms with Gasteiger partial charge in [0.25, 0.3) is 0 Å². The molecule has 0 aliphatic carbocycles. The highest BCUT2D eigenvalue weighted by Gasteiger charge is 2.39. The summed E-state index contributed by atoms with van der Waals surface area (Å²) in [5.41, 5.74) is -1.44. The van der Waals surface area contributed by atoms with Crippen molar-refractivity contribution < 1.29 is 27.5 Å². The fourth-order valence-electron chi connectivity index (χ4n) is 3.09. The van der Waals surface area contributed by atoms with E-state index in [-0.39, 0.29) is 12.1 Å². The number of benzene rings is 1. The monoisotopic (exact) mass is 386 g/mol. The lowest BCUT2D eigenvalue weighted by Crippen LogP contribution is -2.47. The van der Waals surface area contributed by atoms with Crippen molar-refractivity contribution in [3.05, 3.63) is 35.4 Å². The van der Waals surface area contributed by atoms with Gasteiger partial charge in [0.05, 0.1) is 5.56 Å². The van der Waals surface area contributed by atoms with Gasteiger partial charge in [-0.1, -0.05) is 18.2 Å². The zero-order chi connectivity index (χ0) is 20.4. The molecule has 1 aliphatic heterocycles. The smallest absolute Gasteiger partial charge is 0.416 e. The summed E-state index contributed by atoms with van der Waals surface area (Å²) in [6.07, 6.45) is -3.97. The molecule has 1 atom stereocenters. The van der Waals surface area contributed by atoms with Crippen LogP contribution in [0.5, 0.6) is 0 Å². The molecule has 1 heterocycles. The van der Waals surface area contributed by atoms with Crippen LogP contribution in [0, 0.1) is 0 Å². The molecule has 0 radical (unpaired) electrons. The standard InChI is InChI=1S/C19H25F3N2O3/c1-18(2,3)27-17(26)24-11-7-10-15(24)16(25)23(4)12-13-8-5-6-9-14(13)19(20,21)22/h5-6,8-9,15H,7,10-12H2,1-4H3. The molecule has 1 aromatic carbocycles. The molecule has 0 aromatic heterocycles. The van der Waals surface area contributed by atoms with Crippen LogP contribution >= 0.6 is 0 Å². The third-order valence-electron chi connectivity index (χ3n) is 4.27. The average molecular weight is 386 g/mol. The predicted molar refractivity (Wildman–Crippen MR) is 93.9 cm³/mol. The van der Waals surface area contributed by atoms with E-state index in [0.717, 1.165) is 6.07 Å². The molecule has 0 N–H and O–H groups in total. The topological polar surface area (TPSA) is 49.9 Å². The van der Waals surface area contributed by atoms with E-state index in [2.05, 4.69) is 0 Å². The summed E-state index contributed by atoms with van der Waals surface area (Å²) in [7, 11) is 1.45. The summed E-state index contributed by atoms with van der Waals surface area (Å²) < 4.78 is 44.8. The third kappa shape index (κ3) is 5.37. The van der Waals surface area contributed by atoms with Crippen molar-refractivity contribution in [1.82, 2.24) is 9.80 Å². The van der Waals surface area contributed by atoms with Gasteiger partial charge in [-0.2, -0.15) is 13.2 Å². The Bertz CT molecular complexity index is 698. The summed E-state index contributed by atoms with van der Waals surface area (Å²) in [4.78, 5) is 27.7. The zero-order valence-corrected chi connectivity index (χ0v) is 16.0. The van der Waals surface area contributed by atoms with Crippen LogP contribution in [0.3, 0.4) is 0 Å². The molecule has 8 heteroatoms. The Labute approximate surface area is 157 Å². The van der Waals surface area contributed by atoms with E-state index in [1.54, 1.807) is 20.8 Å². The Morgan fingerprint density at radius 2 is 1.85 bits per heavy atom. The second-order valence-corrected chi connectivity index (χ2v) is 7.68. The number of likely N-dealkylation sites (N-methyl/N-ethyl adjacent to an activating group) is 1. The predicted octanol–water partition coefficient (Wildman–Crippen LogP) is 4.06. The van der Waals surface area contributed by atoms with Gasteiger partial charge in [-0.05, 0) is 45.2 Å². The molecule has 1 unspecified atom stereocenters. The van der Waals surface area contributed by atoms with Gasteiger partial charge in [-0.3, -0.25) is 9.69 Å². The second kappa shape index (κ2) is 7.78.